The molecule has 3 aromatic rings. The van der Waals surface area contributed by atoms with E-state index in [2.05, 4.69) is 10.3 Å². The van der Waals surface area contributed by atoms with Crippen molar-refractivity contribution in [1.82, 2.24) is 10.3 Å². The number of amides is 1. The second-order valence-corrected chi connectivity index (χ2v) is 6.70. The van der Waals surface area contributed by atoms with Crippen molar-refractivity contribution < 1.29 is 18.3 Å². The Labute approximate surface area is 178 Å². The lowest BCUT2D eigenvalue weighted by Gasteiger charge is -2.20. The van der Waals surface area contributed by atoms with Gasteiger partial charge < -0.3 is 15.8 Å². The molecule has 1 aromatic heterocycles. The van der Waals surface area contributed by atoms with Crippen molar-refractivity contribution in [3.05, 3.63) is 89.1 Å². The van der Waals surface area contributed by atoms with Crippen molar-refractivity contribution in [1.29, 1.82) is 5.41 Å². The molecule has 8 heteroatoms. The van der Waals surface area contributed by atoms with Gasteiger partial charge in [0.1, 0.15) is 17.5 Å². The second kappa shape index (κ2) is 9.90. The Balaban J connectivity index is 1.85. The van der Waals surface area contributed by atoms with Gasteiger partial charge in [-0.1, -0.05) is 30.3 Å². The van der Waals surface area contributed by atoms with Crippen LogP contribution in [0.25, 0.3) is 11.3 Å². The Morgan fingerprint density at radius 2 is 1.90 bits per heavy atom. The Bertz CT molecular complexity index is 1070. The SMILES string of the molecule is CCO[C@H](C(=O)NCc1ccc(C(=N)N)cc1)c1c(F)ccc(-c2ccccn2)c1F. The summed E-state index contributed by atoms with van der Waals surface area (Å²) < 4.78 is 35.3. The molecule has 2 aromatic carbocycles. The van der Waals surface area contributed by atoms with Crippen molar-refractivity contribution in [2.75, 3.05) is 6.61 Å². The van der Waals surface area contributed by atoms with E-state index in [1.54, 1.807) is 49.4 Å². The fraction of sp³-hybridized carbons (Fsp3) is 0.174. The fourth-order valence-corrected chi connectivity index (χ4v) is 3.07. The van der Waals surface area contributed by atoms with E-state index in [1.165, 1.54) is 12.3 Å². The number of hydrogen-bond acceptors (Lipinski definition) is 4. The molecule has 0 aliphatic rings. The van der Waals surface area contributed by atoms with Gasteiger partial charge in [-0.2, -0.15) is 0 Å². The van der Waals surface area contributed by atoms with Gasteiger partial charge in [0.05, 0.1) is 11.3 Å². The first-order valence-electron chi connectivity index (χ1n) is 9.64. The fourth-order valence-electron chi connectivity index (χ4n) is 3.07. The van der Waals surface area contributed by atoms with Gasteiger partial charge in [-0.05, 0) is 36.8 Å². The zero-order valence-corrected chi connectivity index (χ0v) is 16.9. The molecule has 3 rings (SSSR count). The van der Waals surface area contributed by atoms with E-state index in [-0.39, 0.29) is 24.6 Å². The number of benzene rings is 2. The van der Waals surface area contributed by atoms with Crippen molar-refractivity contribution in [3.63, 3.8) is 0 Å². The van der Waals surface area contributed by atoms with Crippen molar-refractivity contribution >= 4 is 11.7 Å². The summed E-state index contributed by atoms with van der Waals surface area (Å²) in [6.45, 7) is 1.83. The van der Waals surface area contributed by atoms with Crippen LogP contribution in [0.1, 0.15) is 29.7 Å². The molecule has 0 radical (unpaired) electrons. The number of halogens is 2. The van der Waals surface area contributed by atoms with Gasteiger partial charge in [-0.3, -0.25) is 15.2 Å². The molecule has 0 fully saturated rings. The van der Waals surface area contributed by atoms with Crippen molar-refractivity contribution in [2.24, 2.45) is 5.73 Å². The molecule has 1 atom stereocenters. The maximum atomic E-state index is 15.3. The number of hydrogen-bond donors (Lipinski definition) is 3. The lowest BCUT2D eigenvalue weighted by atomic mass is 10.0. The molecule has 6 nitrogen and oxygen atoms in total. The molecule has 0 spiro atoms. The summed E-state index contributed by atoms with van der Waals surface area (Å²) in [5.41, 5.74) is 6.65. The van der Waals surface area contributed by atoms with Gasteiger partial charge in [-0.15, -0.1) is 0 Å². The third-order valence-corrected chi connectivity index (χ3v) is 4.63. The average molecular weight is 424 g/mol. The number of nitrogens with two attached hydrogens (primary N) is 1. The van der Waals surface area contributed by atoms with Crippen LogP contribution >= 0.6 is 0 Å². The van der Waals surface area contributed by atoms with Gasteiger partial charge in [0.15, 0.2) is 6.10 Å². The van der Waals surface area contributed by atoms with Crippen LogP contribution in [0.3, 0.4) is 0 Å². The van der Waals surface area contributed by atoms with Gasteiger partial charge in [0, 0.05) is 30.5 Å². The molecule has 31 heavy (non-hydrogen) atoms. The summed E-state index contributed by atoms with van der Waals surface area (Å²) in [6, 6.07) is 14.1. The number of carbonyl (C=O) groups is 1. The van der Waals surface area contributed by atoms with Gasteiger partial charge >= 0.3 is 0 Å². The number of pyridine rings is 1. The Morgan fingerprint density at radius 1 is 1.16 bits per heavy atom. The highest BCUT2D eigenvalue weighted by molar-refractivity contribution is 5.94. The molecular weight excluding hydrogens is 402 g/mol. The first kappa shape index (κ1) is 22.0. The largest absolute Gasteiger partial charge is 0.384 e. The van der Waals surface area contributed by atoms with Crippen LogP contribution in [0.15, 0.2) is 60.8 Å². The Morgan fingerprint density at radius 3 is 2.52 bits per heavy atom. The smallest absolute Gasteiger partial charge is 0.254 e. The number of aromatic nitrogens is 1. The summed E-state index contributed by atoms with van der Waals surface area (Å²) >= 11 is 0. The predicted molar refractivity (Wildman–Crippen MR) is 113 cm³/mol. The standard InChI is InChI=1S/C23H22F2N4O2/c1-2-31-21(23(30)29-13-14-6-8-15(9-7-14)22(26)27)19-17(24)11-10-16(20(19)25)18-5-3-4-12-28-18/h3-12,21H,2,13H2,1H3,(H3,26,27)(H,29,30)/t21-/m0/s1. The lowest BCUT2D eigenvalue weighted by molar-refractivity contribution is -0.133. The maximum Gasteiger partial charge on any atom is 0.254 e. The first-order valence-corrected chi connectivity index (χ1v) is 9.64. The summed E-state index contributed by atoms with van der Waals surface area (Å²) in [7, 11) is 0. The van der Waals surface area contributed by atoms with E-state index in [0.29, 0.717) is 11.3 Å². The van der Waals surface area contributed by atoms with Crippen molar-refractivity contribution in [2.45, 2.75) is 19.6 Å². The average Bonchev–Trinajstić information content (AvgIpc) is 2.77. The number of nitrogens with one attached hydrogen (secondary N) is 2. The number of nitrogen functional groups attached to an aromatic ring is 1. The second-order valence-electron chi connectivity index (χ2n) is 6.70. The zero-order valence-electron chi connectivity index (χ0n) is 16.9. The summed E-state index contributed by atoms with van der Waals surface area (Å²) in [5, 5.41) is 10.1. The molecule has 0 unspecified atom stereocenters. The Kier molecular flexibility index (Phi) is 7.04. The molecule has 1 amide bonds. The topological polar surface area (TPSA) is 101 Å². The van der Waals surface area contributed by atoms with Crippen LogP contribution in [-0.4, -0.2) is 23.3 Å². The van der Waals surface area contributed by atoms with Gasteiger partial charge in [0.25, 0.3) is 5.91 Å². The van der Waals surface area contributed by atoms with Crippen LogP contribution in [0.5, 0.6) is 0 Å². The highest BCUT2D eigenvalue weighted by atomic mass is 19.1. The third kappa shape index (κ3) is 5.10. The van der Waals surface area contributed by atoms with E-state index in [1.807, 2.05) is 0 Å². The first-order chi connectivity index (χ1) is 14.9. The molecule has 0 saturated heterocycles. The van der Waals surface area contributed by atoms with Crippen LogP contribution in [0, 0.1) is 17.0 Å². The number of carbonyl (C=O) groups excluding carboxylic acids is 1. The number of nitrogens with zero attached hydrogens (tertiary/aromatic N) is 1. The lowest BCUT2D eigenvalue weighted by Crippen LogP contribution is -2.32. The summed E-state index contributed by atoms with van der Waals surface area (Å²) in [4.78, 5) is 16.9. The van der Waals surface area contributed by atoms with E-state index in [0.717, 1.165) is 11.6 Å². The minimum absolute atomic E-state index is 0.0641. The monoisotopic (exact) mass is 424 g/mol. The van der Waals surface area contributed by atoms with E-state index >= 15 is 4.39 Å². The third-order valence-electron chi connectivity index (χ3n) is 4.63. The number of amidine groups is 1. The van der Waals surface area contributed by atoms with E-state index in [4.69, 9.17) is 15.9 Å². The maximum absolute atomic E-state index is 15.3. The number of ether oxygens (including phenoxy) is 1. The quantitative estimate of drug-likeness (QED) is 0.379. The highest BCUT2D eigenvalue weighted by Crippen LogP contribution is 2.31. The highest BCUT2D eigenvalue weighted by Gasteiger charge is 2.29. The molecule has 4 N–H and O–H groups in total. The van der Waals surface area contributed by atoms with Gasteiger partial charge in [-0.25, -0.2) is 8.78 Å². The molecule has 160 valence electrons. The minimum atomic E-state index is -1.47. The van der Waals surface area contributed by atoms with Gasteiger partial charge in [0.2, 0.25) is 0 Å². The zero-order chi connectivity index (χ0) is 22.4. The molecule has 1 heterocycles. The summed E-state index contributed by atoms with van der Waals surface area (Å²) in [5.74, 6) is -2.51. The molecule has 0 aliphatic heterocycles. The van der Waals surface area contributed by atoms with E-state index < -0.39 is 29.2 Å². The molecule has 0 saturated carbocycles. The molecule has 0 bridgehead atoms. The number of rotatable bonds is 8. The minimum Gasteiger partial charge on any atom is -0.384 e. The normalized spacial score (nSPS) is 11.7. The molecular formula is C23H22F2N4O2. The van der Waals surface area contributed by atoms with Crippen LogP contribution < -0.4 is 11.1 Å². The van der Waals surface area contributed by atoms with Crippen molar-refractivity contribution in [3.8, 4) is 11.3 Å². The molecule has 0 aliphatic carbocycles. The van der Waals surface area contributed by atoms with Crippen LogP contribution in [0.4, 0.5) is 8.78 Å². The Hall–Kier alpha value is -3.65. The predicted octanol–water partition coefficient (Wildman–Crippen LogP) is 3.70. The van der Waals surface area contributed by atoms with Crippen LogP contribution in [-0.2, 0) is 16.1 Å². The van der Waals surface area contributed by atoms with Crippen LogP contribution in [0.2, 0.25) is 0 Å². The summed E-state index contributed by atoms with van der Waals surface area (Å²) in [6.07, 6.45) is 0.0345. The van der Waals surface area contributed by atoms with E-state index in [9.17, 15) is 9.18 Å².